The number of hydrogen-bond acceptors (Lipinski definition) is 4. The molecule has 0 fully saturated rings. The Bertz CT molecular complexity index is 543. The maximum absolute atomic E-state index is 5.92. The van der Waals surface area contributed by atoms with Crippen LogP contribution in [0.2, 0.25) is 5.02 Å². The Balaban J connectivity index is 2.47. The van der Waals surface area contributed by atoms with E-state index in [1.807, 2.05) is 20.8 Å². The third-order valence-corrected chi connectivity index (χ3v) is 2.58. The third-order valence-electron chi connectivity index (χ3n) is 2.34. The van der Waals surface area contributed by atoms with Crippen molar-refractivity contribution in [2.75, 3.05) is 5.73 Å². The Hall–Kier alpha value is -1.55. The van der Waals surface area contributed by atoms with Gasteiger partial charge in [-0.2, -0.15) is 4.98 Å². The molecule has 4 nitrogen and oxygen atoms in total. The molecule has 0 saturated carbocycles. The summed E-state index contributed by atoms with van der Waals surface area (Å²) in [7, 11) is 0. The molecule has 2 N–H and O–H groups in total. The molecule has 0 unspecified atom stereocenters. The summed E-state index contributed by atoms with van der Waals surface area (Å²) in [5, 5.41) is 4.54. The number of aromatic nitrogens is 2. The van der Waals surface area contributed by atoms with Crippen molar-refractivity contribution in [2.45, 2.75) is 26.2 Å². The van der Waals surface area contributed by atoms with Gasteiger partial charge in [-0.15, -0.1) is 0 Å². The Morgan fingerprint density at radius 1 is 1.29 bits per heavy atom. The van der Waals surface area contributed by atoms with E-state index >= 15 is 0 Å². The number of anilines is 1. The summed E-state index contributed by atoms with van der Waals surface area (Å²) in [4.78, 5) is 4.34. The molecule has 0 aliphatic carbocycles. The monoisotopic (exact) mass is 251 g/mol. The van der Waals surface area contributed by atoms with Crippen molar-refractivity contribution in [1.29, 1.82) is 0 Å². The summed E-state index contributed by atoms with van der Waals surface area (Å²) in [5.74, 6) is 1.04. The summed E-state index contributed by atoms with van der Waals surface area (Å²) in [6.07, 6.45) is 0. The summed E-state index contributed by atoms with van der Waals surface area (Å²) in [6, 6.07) is 5.16. The summed E-state index contributed by atoms with van der Waals surface area (Å²) >= 11 is 5.92. The molecule has 0 spiro atoms. The van der Waals surface area contributed by atoms with E-state index in [2.05, 4.69) is 10.1 Å². The van der Waals surface area contributed by atoms with E-state index in [0.29, 0.717) is 28.0 Å². The summed E-state index contributed by atoms with van der Waals surface area (Å²) in [6.45, 7) is 6.05. The van der Waals surface area contributed by atoms with Crippen LogP contribution in [-0.2, 0) is 5.41 Å². The Kier molecular flexibility index (Phi) is 2.83. The second-order valence-corrected chi connectivity index (χ2v) is 5.34. The van der Waals surface area contributed by atoms with Crippen molar-refractivity contribution in [3.8, 4) is 11.5 Å². The average Bonchev–Trinajstić information content (AvgIpc) is 2.70. The number of nitrogens with zero attached hydrogens (tertiary/aromatic N) is 2. The minimum atomic E-state index is -0.158. The number of nitrogen functional groups attached to an aromatic ring is 1. The van der Waals surface area contributed by atoms with Gasteiger partial charge in [-0.05, 0) is 18.2 Å². The highest BCUT2D eigenvalue weighted by molar-refractivity contribution is 6.31. The quantitative estimate of drug-likeness (QED) is 0.790. The Morgan fingerprint density at radius 2 is 2.00 bits per heavy atom. The van der Waals surface area contributed by atoms with Gasteiger partial charge in [0, 0.05) is 16.1 Å². The second-order valence-electron chi connectivity index (χ2n) is 4.90. The fourth-order valence-electron chi connectivity index (χ4n) is 1.35. The van der Waals surface area contributed by atoms with E-state index in [0.717, 1.165) is 0 Å². The predicted octanol–water partition coefficient (Wildman–Crippen LogP) is 3.27. The van der Waals surface area contributed by atoms with E-state index in [4.69, 9.17) is 21.9 Å². The normalized spacial score (nSPS) is 11.8. The molecule has 0 radical (unpaired) electrons. The first-order chi connectivity index (χ1) is 7.88. The SMILES string of the molecule is CC(C)(C)c1noc(-c2cc(Cl)ccc2N)n1. The molecule has 0 atom stereocenters. The molecular weight excluding hydrogens is 238 g/mol. The fourth-order valence-corrected chi connectivity index (χ4v) is 1.52. The van der Waals surface area contributed by atoms with Crippen LogP contribution >= 0.6 is 11.6 Å². The lowest BCUT2D eigenvalue weighted by atomic mass is 9.96. The molecule has 0 bridgehead atoms. The second kappa shape index (κ2) is 4.04. The average molecular weight is 252 g/mol. The summed E-state index contributed by atoms with van der Waals surface area (Å²) < 4.78 is 5.21. The van der Waals surface area contributed by atoms with Crippen LogP contribution in [0.5, 0.6) is 0 Å². The molecule has 0 aliphatic rings. The lowest BCUT2D eigenvalue weighted by Crippen LogP contribution is -2.13. The highest BCUT2D eigenvalue weighted by atomic mass is 35.5. The zero-order valence-corrected chi connectivity index (χ0v) is 10.7. The van der Waals surface area contributed by atoms with Gasteiger partial charge in [0.2, 0.25) is 0 Å². The number of nitrogens with two attached hydrogens (primary N) is 1. The topological polar surface area (TPSA) is 64.9 Å². The molecular formula is C12H14ClN3O. The van der Waals surface area contributed by atoms with Gasteiger partial charge in [0.1, 0.15) is 0 Å². The maximum atomic E-state index is 5.92. The standard InChI is InChI=1S/C12H14ClN3O/c1-12(2,3)11-15-10(17-16-11)8-6-7(13)4-5-9(8)14/h4-6H,14H2,1-3H3. The first kappa shape index (κ1) is 11.9. The van der Waals surface area contributed by atoms with Gasteiger partial charge in [0.15, 0.2) is 5.82 Å². The smallest absolute Gasteiger partial charge is 0.260 e. The molecule has 0 amide bonds. The minimum absolute atomic E-state index is 0.158. The first-order valence-electron chi connectivity index (χ1n) is 5.27. The molecule has 0 saturated heterocycles. The van der Waals surface area contributed by atoms with Crippen LogP contribution in [0.25, 0.3) is 11.5 Å². The maximum Gasteiger partial charge on any atom is 0.260 e. The zero-order chi connectivity index (χ0) is 12.6. The van der Waals surface area contributed by atoms with Gasteiger partial charge in [-0.25, -0.2) is 0 Å². The molecule has 2 aromatic rings. The number of halogens is 1. The minimum Gasteiger partial charge on any atom is -0.398 e. The van der Waals surface area contributed by atoms with Crippen LogP contribution in [0.15, 0.2) is 22.7 Å². The van der Waals surface area contributed by atoms with Crippen LogP contribution in [0.3, 0.4) is 0 Å². The number of hydrogen-bond donors (Lipinski definition) is 1. The van der Waals surface area contributed by atoms with E-state index in [9.17, 15) is 0 Å². The van der Waals surface area contributed by atoms with Crippen molar-refractivity contribution in [2.24, 2.45) is 0 Å². The molecule has 5 heteroatoms. The van der Waals surface area contributed by atoms with E-state index < -0.39 is 0 Å². The van der Waals surface area contributed by atoms with Crippen molar-refractivity contribution in [3.05, 3.63) is 29.0 Å². The molecule has 1 aromatic carbocycles. The zero-order valence-electron chi connectivity index (χ0n) is 9.99. The Labute approximate surface area is 105 Å². The van der Waals surface area contributed by atoms with Crippen LogP contribution in [-0.4, -0.2) is 10.1 Å². The van der Waals surface area contributed by atoms with Crippen molar-refractivity contribution < 1.29 is 4.52 Å². The van der Waals surface area contributed by atoms with Gasteiger partial charge in [0.05, 0.1) is 5.56 Å². The lowest BCUT2D eigenvalue weighted by Gasteiger charge is -2.10. The van der Waals surface area contributed by atoms with Crippen molar-refractivity contribution in [1.82, 2.24) is 10.1 Å². The molecule has 2 rings (SSSR count). The lowest BCUT2D eigenvalue weighted by molar-refractivity contribution is 0.402. The van der Waals surface area contributed by atoms with Crippen LogP contribution in [0.4, 0.5) is 5.69 Å². The van der Waals surface area contributed by atoms with E-state index in [-0.39, 0.29) is 5.41 Å². The van der Waals surface area contributed by atoms with Crippen molar-refractivity contribution in [3.63, 3.8) is 0 Å². The fraction of sp³-hybridized carbons (Fsp3) is 0.333. The van der Waals surface area contributed by atoms with Crippen LogP contribution < -0.4 is 5.73 Å². The third kappa shape index (κ3) is 2.42. The molecule has 0 aliphatic heterocycles. The van der Waals surface area contributed by atoms with Gasteiger partial charge >= 0.3 is 0 Å². The van der Waals surface area contributed by atoms with Crippen LogP contribution in [0.1, 0.15) is 26.6 Å². The van der Waals surface area contributed by atoms with Crippen LogP contribution in [0, 0.1) is 0 Å². The molecule has 1 aromatic heterocycles. The van der Waals surface area contributed by atoms with E-state index in [1.165, 1.54) is 0 Å². The largest absolute Gasteiger partial charge is 0.398 e. The van der Waals surface area contributed by atoms with Gasteiger partial charge in [-0.1, -0.05) is 37.5 Å². The summed E-state index contributed by atoms with van der Waals surface area (Å²) in [5.41, 5.74) is 6.93. The number of benzene rings is 1. The molecule has 17 heavy (non-hydrogen) atoms. The first-order valence-corrected chi connectivity index (χ1v) is 5.65. The highest BCUT2D eigenvalue weighted by Crippen LogP contribution is 2.29. The van der Waals surface area contributed by atoms with Gasteiger partial charge in [-0.3, -0.25) is 0 Å². The molecule has 90 valence electrons. The van der Waals surface area contributed by atoms with Gasteiger partial charge < -0.3 is 10.3 Å². The Morgan fingerprint density at radius 3 is 2.59 bits per heavy atom. The van der Waals surface area contributed by atoms with E-state index in [1.54, 1.807) is 18.2 Å². The van der Waals surface area contributed by atoms with Gasteiger partial charge in [0.25, 0.3) is 5.89 Å². The van der Waals surface area contributed by atoms with Crippen molar-refractivity contribution >= 4 is 17.3 Å². The highest BCUT2D eigenvalue weighted by Gasteiger charge is 2.22. The predicted molar refractivity (Wildman–Crippen MR) is 67.9 cm³/mol. The molecule has 1 heterocycles. The number of rotatable bonds is 1.